The van der Waals surface area contributed by atoms with Crippen molar-refractivity contribution in [3.63, 3.8) is 0 Å². The average Bonchev–Trinajstić information content (AvgIpc) is 2.50. The molecule has 0 atom stereocenters. The Bertz CT molecular complexity index is 432. The van der Waals surface area contributed by atoms with Crippen LogP contribution in [0.5, 0.6) is 0 Å². The second-order valence-corrected chi connectivity index (χ2v) is 5.58. The number of nitrogens with zero attached hydrogens (tertiary/aromatic N) is 2. The first kappa shape index (κ1) is 13.4. The first-order chi connectivity index (χ1) is 9.81. The number of hydrogen-bond donors (Lipinski definition) is 2. The van der Waals surface area contributed by atoms with Gasteiger partial charge in [0.1, 0.15) is 0 Å². The van der Waals surface area contributed by atoms with Gasteiger partial charge in [-0.1, -0.05) is 30.3 Å². The molecular formula is C15H22N4O. The molecule has 3 rings (SSSR count). The number of hydrogen-bond acceptors (Lipinski definition) is 3. The number of carbonyl (C=O) groups is 1. The van der Waals surface area contributed by atoms with Crippen LogP contribution in [0.3, 0.4) is 0 Å². The standard InChI is InChI=1S/C15H22N4O/c20-15-16-11-19(12-17-15)14-6-8-18(9-7-14)10-13-4-2-1-3-5-13/h1-5,14H,6-12H2,(H2,16,17,20). The number of urea groups is 1. The lowest BCUT2D eigenvalue weighted by atomic mass is 10.0. The molecule has 2 heterocycles. The number of amides is 2. The van der Waals surface area contributed by atoms with Crippen LogP contribution in [-0.4, -0.2) is 48.3 Å². The van der Waals surface area contributed by atoms with Gasteiger partial charge in [0.25, 0.3) is 0 Å². The molecule has 2 fully saturated rings. The second-order valence-electron chi connectivity index (χ2n) is 5.58. The van der Waals surface area contributed by atoms with Crippen LogP contribution in [0, 0.1) is 0 Å². The third-order valence-corrected chi connectivity index (χ3v) is 4.21. The van der Waals surface area contributed by atoms with Gasteiger partial charge in [0.15, 0.2) is 0 Å². The summed E-state index contributed by atoms with van der Waals surface area (Å²) in [6, 6.07) is 11.2. The van der Waals surface area contributed by atoms with Crippen molar-refractivity contribution in [1.82, 2.24) is 20.4 Å². The molecule has 5 heteroatoms. The molecule has 1 aromatic carbocycles. The van der Waals surface area contributed by atoms with Crippen LogP contribution < -0.4 is 10.6 Å². The van der Waals surface area contributed by atoms with Crippen molar-refractivity contribution in [2.24, 2.45) is 0 Å². The van der Waals surface area contributed by atoms with E-state index >= 15 is 0 Å². The Morgan fingerprint density at radius 1 is 1.05 bits per heavy atom. The maximum absolute atomic E-state index is 11.1. The highest BCUT2D eigenvalue weighted by atomic mass is 16.2. The third-order valence-electron chi connectivity index (χ3n) is 4.21. The molecule has 5 nitrogen and oxygen atoms in total. The average molecular weight is 274 g/mol. The fraction of sp³-hybridized carbons (Fsp3) is 0.533. The minimum atomic E-state index is -0.0530. The van der Waals surface area contributed by atoms with Crippen molar-refractivity contribution in [3.05, 3.63) is 35.9 Å². The van der Waals surface area contributed by atoms with E-state index in [1.54, 1.807) is 0 Å². The lowest BCUT2D eigenvalue weighted by Crippen LogP contribution is -2.58. The molecule has 2 N–H and O–H groups in total. The van der Waals surface area contributed by atoms with Crippen molar-refractivity contribution in [3.8, 4) is 0 Å². The highest BCUT2D eigenvalue weighted by Crippen LogP contribution is 2.18. The Labute approximate surface area is 119 Å². The van der Waals surface area contributed by atoms with Gasteiger partial charge in [-0.3, -0.25) is 9.80 Å². The van der Waals surface area contributed by atoms with Crippen molar-refractivity contribution < 1.29 is 4.79 Å². The Hall–Kier alpha value is -1.59. The summed E-state index contributed by atoms with van der Waals surface area (Å²) in [5.74, 6) is 0. The molecule has 2 aliphatic rings. The van der Waals surface area contributed by atoms with E-state index in [4.69, 9.17) is 0 Å². The molecule has 0 aromatic heterocycles. The van der Waals surface area contributed by atoms with Crippen LogP contribution in [0.15, 0.2) is 30.3 Å². The molecule has 0 saturated carbocycles. The van der Waals surface area contributed by atoms with Crippen molar-refractivity contribution >= 4 is 6.03 Å². The monoisotopic (exact) mass is 274 g/mol. The summed E-state index contributed by atoms with van der Waals surface area (Å²) in [5.41, 5.74) is 1.39. The number of carbonyl (C=O) groups excluding carboxylic acids is 1. The lowest BCUT2D eigenvalue weighted by molar-refractivity contribution is 0.0838. The topological polar surface area (TPSA) is 47.6 Å². The van der Waals surface area contributed by atoms with Crippen LogP contribution >= 0.6 is 0 Å². The first-order valence-electron chi connectivity index (χ1n) is 7.33. The van der Waals surface area contributed by atoms with Gasteiger partial charge in [0.05, 0.1) is 13.3 Å². The molecule has 0 bridgehead atoms. The number of nitrogens with one attached hydrogen (secondary N) is 2. The van der Waals surface area contributed by atoms with E-state index < -0.39 is 0 Å². The van der Waals surface area contributed by atoms with Crippen LogP contribution in [0.25, 0.3) is 0 Å². The number of likely N-dealkylation sites (tertiary alicyclic amines) is 1. The summed E-state index contributed by atoms with van der Waals surface area (Å²) < 4.78 is 0. The Balaban J connectivity index is 1.46. The largest absolute Gasteiger partial charge is 0.325 e. The highest BCUT2D eigenvalue weighted by Gasteiger charge is 2.26. The van der Waals surface area contributed by atoms with E-state index in [0.717, 1.165) is 19.6 Å². The van der Waals surface area contributed by atoms with Gasteiger partial charge in [0, 0.05) is 12.6 Å². The molecule has 0 unspecified atom stereocenters. The normalized spacial score (nSPS) is 22.3. The van der Waals surface area contributed by atoms with E-state index in [9.17, 15) is 4.79 Å². The van der Waals surface area contributed by atoms with Gasteiger partial charge < -0.3 is 10.6 Å². The number of benzene rings is 1. The quantitative estimate of drug-likeness (QED) is 0.870. The van der Waals surface area contributed by atoms with Crippen molar-refractivity contribution in [1.29, 1.82) is 0 Å². The summed E-state index contributed by atoms with van der Waals surface area (Å²) in [4.78, 5) is 15.9. The molecule has 2 saturated heterocycles. The molecule has 0 aliphatic carbocycles. The van der Waals surface area contributed by atoms with Crippen molar-refractivity contribution in [2.75, 3.05) is 26.4 Å². The highest BCUT2D eigenvalue weighted by molar-refractivity contribution is 5.74. The van der Waals surface area contributed by atoms with Gasteiger partial charge in [-0.15, -0.1) is 0 Å². The minimum absolute atomic E-state index is 0.0530. The molecule has 1 aromatic rings. The second kappa shape index (κ2) is 6.24. The fourth-order valence-electron chi connectivity index (χ4n) is 3.01. The Kier molecular flexibility index (Phi) is 4.18. The molecule has 0 radical (unpaired) electrons. The zero-order valence-electron chi connectivity index (χ0n) is 11.7. The van der Waals surface area contributed by atoms with E-state index in [0.29, 0.717) is 19.4 Å². The zero-order valence-corrected chi connectivity index (χ0v) is 11.7. The molecule has 2 aliphatic heterocycles. The van der Waals surface area contributed by atoms with E-state index in [-0.39, 0.29) is 6.03 Å². The predicted molar refractivity (Wildman–Crippen MR) is 78.0 cm³/mol. The third kappa shape index (κ3) is 3.29. The molecular weight excluding hydrogens is 252 g/mol. The van der Waals surface area contributed by atoms with Crippen LogP contribution in [0.1, 0.15) is 18.4 Å². The summed E-state index contributed by atoms with van der Waals surface area (Å²) in [6.45, 7) is 4.65. The van der Waals surface area contributed by atoms with E-state index in [1.165, 1.54) is 18.4 Å². The van der Waals surface area contributed by atoms with Gasteiger partial charge in [-0.25, -0.2) is 4.79 Å². The van der Waals surface area contributed by atoms with Crippen LogP contribution in [-0.2, 0) is 6.54 Å². The SMILES string of the molecule is O=C1NCN(C2CCN(Cc3ccccc3)CC2)CN1. The summed E-state index contributed by atoms with van der Waals surface area (Å²) >= 11 is 0. The Morgan fingerprint density at radius 3 is 2.35 bits per heavy atom. The number of rotatable bonds is 3. The van der Waals surface area contributed by atoms with Crippen LogP contribution in [0.4, 0.5) is 4.79 Å². The van der Waals surface area contributed by atoms with Crippen molar-refractivity contribution in [2.45, 2.75) is 25.4 Å². The van der Waals surface area contributed by atoms with Crippen LogP contribution in [0.2, 0.25) is 0 Å². The summed E-state index contributed by atoms with van der Waals surface area (Å²) in [5, 5.41) is 5.69. The molecule has 20 heavy (non-hydrogen) atoms. The lowest BCUT2D eigenvalue weighted by Gasteiger charge is -2.40. The molecule has 2 amide bonds. The molecule has 0 spiro atoms. The van der Waals surface area contributed by atoms with Gasteiger partial charge in [0.2, 0.25) is 0 Å². The Morgan fingerprint density at radius 2 is 1.70 bits per heavy atom. The maximum atomic E-state index is 11.1. The smallest absolute Gasteiger partial charge is 0.316 e. The summed E-state index contributed by atoms with van der Waals surface area (Å²) in [6.07, 6.45) is 2.34. The summed E-state index contributed by atoms with van der Waals surface area (Å²) in [7, 11) is 0. The fourth-order valence-corrected chi connectivity index (χ4v) is 3.01. The predicted octanol–water partition coefficient (Wildman–Crippen LogP) is 1.18. The van der Waals surface area contributed by atoms with Gasteiger partial charge >= 0.3 is 6.03 Å². The van der Waals surface area contributed by atoms with Gasteiger partial charge in [-0.2, -0.15) is 0 Å². The minimum Gasteiger partial charge on any atom is -0.325 e. The van der Waals surface area contributed by atoms with Gasteiger partial charge in [-0.05, 0) is 31.5 Å². The van der Waals surface area contributed by atoms with E-state index in [2.05, 4.69) is 50.8 Å². The maximum Gasteiger partial charge on any atom is 0.316 e. The zero-order chi connectivity index (χ0) is 13.8. The molecule has 108 valence electrons. The van der Waals surface area contributed by atoms with E-state index in [1.807, 2.05) is 0 Å². The number of piperidine rings is 1. The first-order valence-corrected chi connectivity index (χ1v) is 7.33.